The van der Waals surface area contributed by atoms with Crippen LogP contribution in [0, 0.1) is 0 Å². The summed E-state index contributed by atoms with van der Waals surface area (Å²) in [6.07, 6.45) is 0.988. The standard InChI is InChI=1S/C28H27N/c1-3-29(4-2)19-20-13-14-24-16-23-11-7-8-12-25(23)27-17-21-9-5-6-10-22(21)18-28(27)26(24)15-20/h5-15,17-18H,3-4,16,19H2,1-2H3. The maximum atomic E-state index is 2.48. The van der Waals surface area contributed by atoms with Crippen LogP contribution in [0.4, 0.5) is 0 Å². The molecule has 0 aromatic heterocycles. The summed E-state index contributed by atoms with van der Waals surface area (Å²) in [6, 6.07) is 29.5. The Morgan fingerprint density at radius 1 is 0.621 bits per heavy atom. The van der Waals surface area contributed by atoms with E-state index in [1.807, 2.05) is 0 Å². The molecule has 0 bridgehead atoms. The fraction of sp³-hybridized carbons (Fsp3) is 0.214. The number of benzene rings is 4. The highest BCUT2D eigenvalue weighted by atomic mass is 15.1. The Kier molecular flexibility index (Phi) is 4.69. The van der Waals surface area contributed by atoms with Gasteiger partial charge in [-0.1, -0.05) is 74.5 Å². The lowest BCUT2D eigenvalue weighted by Crippen LogP contribution is -2.22. The minimum Gasteiger partial charge on any atom is -0.300 e. The Bertz CT molecular complexity index is 1180. The van der Waals surface area contributed by atoms with Gasteiger partial charge in [0.1, 0.15) is 0 Å². The van der Waals surface area contributed by atoms with Crippen molar-refractivity contribution >= 4 is 10.8 Å². The highest BCUT2D eigenvalue weighted by molar-refractivity contribution is 5.98. The third-order valence-electron chi connectivity index (χ3n) is 6.34. The first-order valence-corrected chi connectivity index (χ1v) is 10.7. The summed E-state index contributed by atoms with van der Waals surface area (Å²) in [4.78, 5) is 2.48. The average Bonchev–Trinajstić information content (AvgIpc) is 2.90. The van der Waals surface area contributed by atoms with E-state index in [0.29, 0.717) is 0 Å². The van der Waals surface area contributed by atoms with E-state index < -0.39 is 0 Å². The van der Waals surface area contributed by atoms with Crippen LogP contribution in [-0.4, -0.2) is 18.0 Å². The molecule has 0 fully saturated rings. The zero-order valence-electron chi connectivity index (χ0n) is 17.3. The molecule has 5 rings (SSSR count). The van der Waals surface area contributed by atoms with Crippen LogP contribution in [0.1, 0.15) is 30.5 Å². The third-order valence-corrected chi connectivity index (χ3v) is 6.34. The molecule has 1 heteroatoms. The SMILES string of the molecule is CCN(CC)Cc1ccc2c(c1)-c1cc3ccccc3cc1-c1ccccc1C2. The molecule has 1 aliphatic carbocycles. The van der Waals surface area contributed by atoms with Crippen LogP contribution in [-0.2, 0) is 13.0 Å². The maximum Gasteiger partial charge on any atom is 0.0233 e. The summed E-state index contributed by atoms with van der Waals surface area (Å²) in [5, 5.41) is 2.62. The summed E-state index contributed by atoms with van der Waals surface area (Å²) in [5.74, 6) is 0. The van der Waals surface area contributed by atoms with Gasteiger partial charge < -0.3 is 0 Å². The Morgan fingerprint density at radius 2 is 1.24 bits per heavy atom. The molecular weight excluding hydrogens is 350 g/mol. The predicted octanol–water partition coefficient (Wildman–Crippen LogP) is 6.92. The topological polar surface area (TPSA) is 3.24 Å². The third kappa shape index (κ3) is 3.26. The van der Waals surface area contributed by atoms with Gasteiger partial charge in [-0.3, -0.25) is 4.90 Å². The van der Waals surface area contributed by atoms with Crippen molar-refractivity contribution in [1.82, 2.24) is 4.90 Å². The Morgan fingerprint density at radius 3 is 1.97 bits per heavy atom. The van der Waals surface area contributed by atoms with Crippen molar-refractivity contribution in [1.29, 1.82) is 0 Å². The van der Waals surface area contributed by atoms with Gasteiger partial charge in [0, 0.05) is 6.54 Å². The Labute approximate surface area is 173 Å². The molecule has 4 aromatic carbocycles. The molecule has 0 saturated carbocycles. The van der Waals surface area contributed by atoms with Crippen molar-refractivity contribution in [2.75, 3.05) is 13.1 Å². The predicted molar refractivity (Wildman–Crippen MR) is 124 cm³/mol. The molecule has 1 aliphatic rings. The van der Waals surface area contributed by atoms with Crippen LogP contribution >= 0.6 is 0 Å². The lowest BCUT2D eigenvalue weighted by molar-refractivity contribution is 0.296. The molecule has 0 saturated heterocycles. The van der Waals surface area contributed by atoms with E-state index in [1.165, 1.54) is 49.7 Å². The minimum absolute atomic E-state index is 0.988. The van der Waals surface area contributed by atoms with Crippen LogP contribution in [0.3, 0.4) is 0 Å². The van der Waals surface area contributed by atoms with E-state index in [-0.39, 0.29) is 0 Å². The van der Waals surface area contributed by atoms with Gasteiger partial charge in [-0.05, 0) is 87.4 Å². The molecule has 0 heterocycles. The monoisotopic (exact) mass is 377 g/mol. The van der Waals surface area contributed by atoms with Gasteiger partial charge in [0.15, 0.2) is 0 Å². The second kappa shape index (κ2) is 7.50. The van der Waals surface area contributed by atoms with E-state index in [9.17, 15) is 0 Å². The van der Waals surface area contributed by atoms with Crippen molar-refractivity contribution < 1.29 is 0 Å². The number of hydrogen-bond acceptors (Lipinski definition) is 1. The summed E-state index contributed by atoms with van der Waals surface area (Å²) < 4.78 is 0. The van der Waals surface area contributed by atoms with Crippen LogP contribution < -0.4 is 0 Å². The van der Waals surface area contributed by atoms with Crippen LogP contribution in [0.25, 0.3) is 33.0 Å². The summed E-state index contributed by atoms with van der Waals surface area (Å²) in [5.41, 5.74) is 9.73. The van der Waals surface area contributed by atoms with Crippen LogP contribution in [0.2, 0.25) is 0 Å². The second-order valence-electron chi connectivity index (χ2n) is 8.03. The molecule has 4 aromatic rings. The van der Waals surface area contributed by atoms with Gasteiger partial charge in [-0.2, -0.15) is 0 Å². The van der Waals surface area contributed by atoms with Crippen molar-refractivity contribution in [3.8, 4) is 22.3 Å². The van der Waals surface area contributed by atoms with E-state index >= 15 is 0 Å². The summed E-state index contributed by atoms with van der Waals surface area (Å²) in [6.45, 7) is 7.66. The quantitative estimate of drug-likeness (QED) is 0.328. The van der Waals surface area contributed by atoms with Gasteiger partial charge in [0.05, 0.1) is 0 Å². The van der Waals surface area contributed by atoms with Gasteiger partial charge in [-0.25, -0.2) is 0 Å². The zero-order valence-corrected chi connectivity index (χ0v) is 17.3. The minimum atomic E-state index is 0.988. The molecule has 0 spiro atoms. The van der Waals surface area contributed by atoms with Crippen molar-refractivity contribution in [2.24, 2.45) is 0 Å². The zero-order chi connectivity index (χ0) is 19.8. The van der Waals surface area contributed by atoms with Crippen molar-refractivity contribution in [3.05, 3.63) is 95.6 Å². The largest absolute Gasteiger partial charge is 0.300 e. The highest BCUT2D eigenvalue weighted by Crippen LogP contribution is 2.42. The van der Waals surface area contributed by atoms with Gasteiger partial charge in [-0.15, -0.1) is 0 Å². The van der Waals surface area contributed by atoms with Crippen molar-refractivity contribution in [2.45, 2.75) is 26.8 Å². The van der Waals surface area contributed by atoms with Gasteiger partial charge in [0.2, 0.25) is 0 Å². The molecular formula is C28H27N. The molecule has 0 amide bonds. The Hall–Kier alpha value is -2.90. The number of hydrogen-bond donors (Lipinski definition) is 0. The number of rotatable bonds is 4. The van der Waals surface area contributed by atoms with E-state index in [2.05, 4.69) is 97.6 Å². The first-order chi connectivity index (χ1) is 14.3. The molecule has 0 N–H and O–H groups in total. The first kappa shape index (κ1) is 18.1. The summed E-state index contributed by atoms with van der Waals surface area (Å²) in [7, 11) is 0. The van der Waals surface area contributed by atoms with E-state index in [4.69, 9.17) is 0 Å². The fourth-order valence-electron chi connectivity index (χ4n) is 4.66. The molecule has 0 atom stereocenters. The molecule has 0 unspecified atom stereocenters. The Balaban J connectivity index is 1.75. The molecule has 1 nitrogen and oxygen atoms in total. The van der Waals surface area contributed by atoms with Gasteiger partial charge in [0.25, 0.3) is 0 Å². The highest BCUT2D eigenvalue weighted by Gasteiger charge is 2.20. The summed E-state index contributed by atoms with van der Waals surface area (Å²) >= 11 is 0. The van der Waals surface area contributed by atoms with Crippen LogP contribution in [0.5, 0.6) is 0 Å². The molecule has 0 radical (unpaired) electrons. The van der Waals surface area contributed by atoms with E-state index in [1.54, 1.807) is 0 Å². The van der Waals surface area contributed by atoms with Crippen molar-refractivity contribution in [3.63, 3.8) is 0 Å². The number of nitrogens with zero attached hydrogens (tertiary/aromatic N) is 1. The fourth-order valence-corrected chi connectivity index (χ4v) is 4.66. The van der Waals surface area contributed by atoms with Gasteiger partial charge >= 0.3 is 0 Å². The lowest BCUT2D eigenvalue weighted by Gasteiger charge is -2.19. The molecule has 0 aliphatic heterocycles. The number of fused-ring (bicyclic) bond motifs is 6. The normalized spacial score (nSPS) is 12.4. The molecule has 144 valence electrons. The molecule has 29 heavy (non-hydrogen) atoms. The average molecular weight is 378 g/mol. The first-order valence-electron chi connectivity index (χ1n) is 10.7. The lowest BCUT2D eigenvalue weighted by atomic mass is 9.91. The van der Waals surface area contributed by atoms with Crippen LogP contribution in [0.15, 0.2) is 78.9 Å². The second-order valence-corrected chi connectivity index (χ2v) is 8.03. The van der Waals surface area contributed by atoms with E-state index in [0.717, 1.165) is 26.1 Å². The smallest absolute Gasteiger partial charge is 0.0233 e. The maximum absolute atomic E-state index is 2.48.